The van der Waals surface area contributed by atoms with E-state index in [2.05, 4.69) is 10.3 Å². The number of ether oxygens (including phenoxy) is 3. The first-order valence-corrected chi connectivity index (χ1v) is 9.15. The van der Waals surface area contributed by atoms with Crippen molar-refractivity contribution in [3.8, 4) is 40.2 Å². The molecule has 2 amide bonds. The van der Waals surface area contributed by atoms with E-state index in [0.717, 1.165) is 16.9 Å². The van der Waals surface area contributed by atoms with Gasteiger partial charge in [-0.2, -0.15) is 4.98 Å². The van der Waals surface area contributed by atoms with Crippen molar-refractivity contribution in [3.63, 3.8) is 0 Å². The molecule has 0 aliphatic rings. The minimum absolute atomic E-state index is 0.214. The number of nitrogens with zero attached hydrogens (tertiary/aromatic N) is 1. The van der Waals surface area contributed by atoms with Crippen LogP contribution in [0.2, 0.25) is 0 Å². The van der Waals surface area contributed by atoms with Crippen LogP contribution < -0.4 is 25.3 Å². The van der Waals surface area contributed by atoms with Gasteiger partial charge < -0.3 is 29.7 Å². The molecule has 0 saturated heterocycles. The molecule has 0 radical (unpaired) electrons. The number of hydrogen-bond acceptors (Lipinski definition) is 6. The summed E-state index contributed by atoms with van der Waals surface area (Å²) in [5.41, 5.74) is 7.41. The number of methoxy groups -OCH3 is 1. The van der Waals surface area contributed by atoms with Crippen molar-refractivity contribution < 1.29 is 23.4 Å². The van der Waals surface area contributed by atoms with Crippen LogP contribution in [0.25, 0.3) is 22.6 Å². The number of carbonyl (C=O) groups is 1. The topological polar surface area (TPSA) is 109 Å². The Morgan fingerprint density at radius 2 is 1.69 bits per heavy atom. The van der Waals surface area contributed by atoms with Crippen molar-refractivity contribution in [3.05, 3.63) is 48.5 Å². The number of aromatic nitrogens is 1. The number of carbonyl (C=O) groups excluding carboxylic acids is 1. The molecule has 0 fully saturated rings. The van der Waals surface area contributed by atoms with Crippen molar-refractivity contribution in [2.45, 2.75) is 6.92 Å². The molecule has 1 aromatic heterocycles. The van der Waals surface area contributed by atoms with Crippen LogP contribution in [-0.4, -0.2) is 37.9 Å². The predicted octanol–water partition coefficient (Wildman–Crippen LogP) is 3.46. The summed E-state index contributed by atoms with van der Waals surface area (Å²) in [5, 5.41) is 2.47. The molecule has 3 rings (SSSR count). The molecule has 0 spiro atoms. The number of nitrogens with one attached hydrogen (secondary N) is 1. The van der Waals surface area contributed by atoms with E-state index in [1.807, 2.05) is 55.5 Å². The number of primary amides is 1. The molecule has 0 atom stereocenters. The van der Waals surface area contributed by atoms with Gasteiger partial charge in [-0.1, -0.05) is 0 Å². The van der Waals surface area contributed by atoms with Crippen LogP contribution in [0.1, 0.15) is 6.92 Å². The average molecular weight is 397 g/mol. The smallest absolute Gasteiger partial charge is 0.394 e. The first-order chi connectivity index (χ1) is 14.1. The molecule has 0 aliphatic heterocycles. The van der Waals surface area contributed by atoms with E-state index in [4.69, 9.17) is 24.4 Å². The Morgan fingerprint density at radius 1 is 1.03 bits per heavy atom. The van der Waals surface area contributed by atoms with Crippen LogP contribution in [0.3, 0.4) is 0 Å². The second-order valence-corrected chi connectivity index (χ2v) is 5.98. The maximum atomic E-state index is 10.7. The SMILES string of the molecule is CCOc1nc(-c2ccc(OC)cc2)c(-c2ccc(OCCNC(N)=O)cc2)o1. The average Bonchev–Trinajstić information content (AvgIpc) is 3.16. The number of amides is 2. The van der Waals surface area contributed by atoms with Gasteiger partial charge in [-0.25, -0.2) is 4.79 Å². The first kappa shape index (κ1) is 20.1. The lowest BCUT2D eigenvalue weighted by molar-refractivity contribution is 0.244. The highest BCUT2D eigenvalue weighted by molar-refractivity contribution is 5.77. The summed E-state index contributed by atoms with van der Waals surface area (Å²) < 4.78 is 22.1. The van der Waals surface area contributed by atoms with Crippen molar-refractivity contribution in [2.75, 3.05) is 26.9 Å². The van der Waals surface area contributed by atoms with E-state index in [0.29, 0.717) is 37.0 Å². The van der Waals surface area contributed by atoms with E-state index < -0.39 is 6.03 Å². The lowest BCUT2D eigenvalue weighted by Gasteiger charge is -2.07. The normalized spacial score (nSPS) is 10.4. The lowest BCUT2D eigenvalue weighted by atomic mass is 10.1. The highest BCUT2D eigenvalue weighted by atomic mass is 16.6. The third-order valence-electron chi connectivity index (χ3n) is 4.03. The molecule has 2 aromatic carbocycles. The van der Waals surface area contributed by atoms with Gasteiger partial charge in [0, 0.05) is 11.1 Å². The molecule has 1 heterocycles. The molecule has 0 aliphatic carbocycles. The van der Waals surface area contributed by atoms with Gasteiger partial charge >= 0.3 is 12.1 Å². The quantitative estimate of drug-likeness (QED) is 0.535. The molecular weight excluding hydrogens is 374 g/mol. The molecule has 0 bridgehead atoms. The highest BCUT2D eigenvalue weighted by Crippen LogP contribution is 2.36. The fourth-order valence-electron chi connectivity index (χ4n) is 2.67. The van der Waals surface area contributed by atoms with Gasteiger partial charge in [-0.3, -0.25) is 0 Å². The number of oxazole rings is 1. The molecular formula is C21H23N3O5. The van der Waals surface area contributed by atoms with Crippen LogP contribution in [0.4, 0.5) is 4.79 Å². The van der Waals surface area contributed by atoms with Gasteiger partial charge in [0.25, 0.3) is 0 Å². The molecule has 3 N–H and O–H groups in total. The van der Waals surface area contributed by atoms with Gasteiger partial charge in [0.1, 0.15) is 23.8 Å². The molecule has 0 unspecified atom stereocenters. The maximum absolute atomic E-state index is 10.7. The third kappa shape index (κ3) is 5.19. The largest absolute Gasteiger partial charge is 0.497 e. The zero-order valence-electron chi connectivity index (χ0n) is 16.3. The minimum atomic E-state index is -0.578. The van der Waals surface area contributed by atoms with Crippen molar-refractivity contribution in [2.24, 2.45) is 5.73 Å². The summed E-state index contributed by atoms with van der Waals surface area (Å²) in [6, 6.07) is 14.4. The zero-order valence-corrected chi connectivity index (χ0v) is 16.3. The fourth-order valence-corrected chi connectivity index (χ4v) is 2.67. The summed E-state index contributed by atoms with van der Waals surface area (Å²) in [4.78, 5) is 15.2. The van der Waals surface area contributed by atoms with Crippen LogP contribution in [0, 0.1) is 0 Å². The van der Waals surface area contributed by atoms with E-state index in [1.54, 1.807) is 7.11 Å². The zero-order chi connectivity index (χ0) is 20.6. The lowest BCUT2D eigenvalue weighted by Crippen LogP contribution is -2.32. The Balaban J connectivity index is 1.82. The van der Waals surface area contributed by atoms with Crippen LogP contribution in [0.15, 0.2) is 52.9 Å². The fraction of sp³-hybridized carbons (Fsp3) is 0.238. The molecule has 8 heteroatoms. The van der Waals surface area contributed by atoms with E-state index in [9.17, 15) is 4.79 Å². The van der Waals surface area contributed by atoms with E-state index >= 15 is 0 Å². The number of hydrogen-bond donors (Lipinski definition) is 2. The Morgan fingerprint density at radius 3 is 2.31 bits per heavy atom. The maximum Gasteiger partial charge on any atom is 0.394 e. The van der Waals surface area contributed by atoms with Crippen LogP contribution in [0.5, 0.6) is 17.6 Å². The number of benzene rings is 2. The van der Waals surface area contributed by atoms with Crippen molar-refractivity contribution in [1.29, 1.82) is 0 Å². The highest BCUT2D eigenvalue weighted by Gasteiger charge is 2.18. The van der Waals surface area contributed by atoms with E-state index in [1.165, 1.54) is 0 Å². The summed E-state index contributed by atoms with van der Waals surface area (Å²) in [7, 11) is 1.62. The van der Waals surface area contributed by atoms with Crippen LogP contribution >= 0.6 is 0 Å². The van der Waals surface area contributed by atoms with Gasteiger partial charge in [0.2, 0.25) is 0 Å². The number of nitrogens with two attached hydrogens (primary N) is 1. The second kappa shape index (κ2) is 9.50. The van der Waals surface area contributed by atoms with Crippen molar-refractivity contribution >= 4 is 6.03 Å². The Hall–Kier alpha value is -3.68. The van der Waals surface area contributed by atoms with Gasteiger partial charge in [-0.15, -0.1) is 0 Å². The van der Waals surface area contributed by atoms with Gasteiger partial charge in [0.05, 0.1) is 20.3 Å². The summed E-state index contributed by atoms with van der Waals surface area (Å²) in [6.45, 7) is 2.97. The van der Waals surface area contributed by atoms with Gasteiger partial charge in [-0.05, 0) is 55.5 Å². The van der Waals surface area contributed by atoms with Crippen molar-refractivity contribution in [1.82, 2.24) is 10.3 Å². The summed E-state index contributed by atoms with van der Waals surface area (Å²) >= 11 is 0. The third-order valence-corrected chi connectivity index (χ3v) is 4.03. The number of rotatable bonds is 9. The minimum Gasteiger partial charge on any atom is -0.497 e. The van der Waals surface area contributed by atoms with Gasteiger partial charge in [0.15, 0.2) is 5.76 Å². The molecule has 29 heavy (non-hydrogen) atoms. The Kier molecular flexibility index (Phi) is 6.57. The number of urea groups is 1. The molecule has 3 aromatic rings. The van der Waals surface area contributed by atoms with E-state index in [-0.39, 0.29) is 6.08 Å². The van der Waals surface area contributed by atoms with Crippen LogP contribution in [-0.2, 0) is 0 Å². The standard InChI is InChI=1S/C21H23N3O5/c1-3-27-21-24-18(14-4-8-16(26-2)9-5-14)19(29-21)15-6-10-17(11-7-15)28-13-12-23-20(22)25/h4-11H,3,12-13H2,1-2H3,(H3,22,23,25). The summed E-state index contributed by atoms with van der Waals surface area (Å²) in [6.07, 6.45) is 0.214. The monoisotopic (exact) mass is 397 g/mol. The second-order valence-electron chi connectivity index (χ2n) is 5.98. The summed E-state index contributed by atoms with van der Waals surface area (Å²) in [5.74, 6) is 2.02. The molecule has 152 valence electrons. The molecule has 0 saturated carbocycles. The Labute approximate surface area is 168 Å². The first-order valence-electron chi connectivity index (χ1n) is 9.15. The predicted molar refractivity (Wildman–Crippen MR) is 108 cm³/mol. The Bertz CT molecular complexity index is 936. The molecule has 8 nitrogen and oxygen atoms in total.